The molecule has 1 atom stereocenters. The van der Waals surface area contributed by atoms with E-state index in [1.807, 2.05) is 0 Å². The normalized spacial score (nSPS) is 13.4. The molecule has 1 radical (unpaired) electrons. The van der Waals surface area contributed by atoms with Gasteiger partial charge in [0, 0.05) is 0 Å². The molecule has 0 saturated carbocycles. The smallest absolute Gasteiger partial charge is 0.209 e. The highest BCUT2D eigenvalue weighted by molar-refractivity contribution is 8.00. The summed E-state index contributed by atoms with van der Waals surface area (Å²) in [6.45, 7) is 1.39. The molecule has 0 heterocycles. The maximum absolute atomic E-state index is 11.7. The van der Waals surface area contributed by atoms with Gasteiger partial charge < -0.3 is 0 Å². The summed E-state index contributed by atoms with van der Waals surface area (Å²) in [5.41, 5.74) is -0.943. The molecule has 41 valence electrons. The maximum atomic E-state index is 11.7. The predicted octanol–water partition coefficient (Wildman–Crippen LogP) is 1.14. The number of hydrogen-bond acceptors (Lipinski definition) is 2. The summed E-state index contributed by atoms with van der Waals surface area (Å²) in [6.07, 6.45) is 1.57. The van der Waals surface area contributed by atoms with Gasteiger partial charge in [0.05, 0.1) is 5.75 Å². The Hall–Kier alpha value is -0.0500. The summed E-state index contributed by atoms with van der Waals surface area (Å²) in [4.78, 5) is 9.40. The summed E-state index contributed by atoms with van der Waals surface area (Å²) >= 11 is 0.941. The van der Waals surface area contributed by atoms with Crippen molar-refractivity contribution in [3.05, 3.63) is 0 Å². The Morgan fingerprint density at radius 3 is 2.71 bits per heavy atom. The van der Waals surface area contributed by atoms with Crippen LogP contribution >= 0.6 is 11.8 Å². The molecule has 0 rings (SSSR count). The highest BCUT2D eigenvalue weighted by atomic mass is 32.2. The quantitative estimate of drug-likeness (QED) is 0.557. The molecule has 0 bridgehead atoms. The maximum Gasteiger partial charge on any atom is 0.209 e. The first-order chi connectivity index (χ1) is 3.27. The molecule has 0 aliphatic rings. The second-order valence-corrected chi connectivity index (χ2v) is 2.27. The lowest BCUT2D eigenvalue weighted by atomic mass is 10.9. The van der Waals surface area contributed by atoms with Crippen LogP contribution < -0.4 is 0 Å². The van der Waals surface area contributed by atoms with Gasteiger partial charge in [0.15, 0.2) is 0 Å². The van der Waals surface area contributed by atoms with Crippen LogP contribution in [0.5, 0.6) is 0 Å². The van der Waals surface area contributed by atoms with E-state index in [0.29, 0.717) is 0 Å². The van der Waals surface area contributed by atoms with Crippen LogP contribution in [0.15, 0.2) is 0 Å². The first-order valence-corrected chi connectivity index (χ1v) is 2.93. The third-order valence-corrected chi connectivity index (χ3v) is 1.12. The van der Waals surface area contributed by atoms with Crippen LogP contribution in [0.25, 0.3) is 0 Å². The molecule has 0 aromatic carbocycles. The first-order valence-electron chi connectivity index (χ1n) is 1.88. The van der Waals surface area contributed by atoms with E-state index < -0.39 is 5.50 Å². The van der Waals surface area contributed by atoms with Gasteiger partial charge in [-0.3, -0.25) is 4.79 Å². The predicted molar refractivity (Wildman–Crippen MR) is 28.7 cm³/mol. The number of hydrogen-bond donors (Lipinski definition) is 0. The summed E-state index contributed by atoms with van der Waals surface area (Å²) in [6, 6.07) is 0. The van der Waals surface area contributed by atoms with E-state index in [0.717, 1.165) is 11.8 Å². The number of carbonyl (C=O) groups excluding carboxylic acids is 1. The van der Waals surface area contributed by atoms with Gasteiger partial charge in [0.25, 0.3) is 0 Å². The molecule has 0 fully saturated rings. The van der Waals surface area contributed by atoms with Crippen molar-refractivity contribution in [2.75, 3.05) is 5.75 Å². The van der Waals surface area contributed by atoms with Crippen molar-refractivity contribution < 1.29 is 9.18 Å². The highest BCUT2D eigenvalue weighted by Crippen LogP contribution is 2.07. The fourth-order valence-corrected chi connectivity index (χ4v) is 0.447. The van der Waals surface area contributed by atoms with Crippen LogP contribution in [-0.2, 0) is 4.79 Å². The van der Waals surface area contributed by atoms with E-state index in [1.165, 1.54) is 6.92 Å². The van der Waals surface area contributed by atoms with Crippen molar-refractivity contribution in [1.29, 1.82) is 0 Å². The number of rotatable bonds is 3. The van der Waals surface area contributed by atoms with Crippen LogP contribution in [0.2, 0.25) is 0 Å². The fourth-order valence-electron chi connectivity index (χ4n) is 0.149. The number of thioether (sulfide) groups is 1. The van der Waals surface area contributed by atoms with Gasteiger partial charge in [0.1, 0.15) is 5.50 Å². The lowest BCUT2D eigenvalue weighted by Crippen LogP contribution is -1.86. The average Bonchev–Trinajstić information content (AvgIpc) is 1.61. The standard InChI is InChI=1S/C4H6FOS/c1-4(5)7-3-2-6/h4H,3H2,1H3. The van der Waals surface area contributed by atoms with E-state index in [-0.39, 0.29) is 5.75 Å². The van der Waals surface area contributed by atoms with Gasteiger partial charge in [-0.2, -0.15) is 0 Å². The third kappa shape index (κ3) is 5.95. The lowest BCUT2D eigenvalue weighted by molar-refractivity contribution is 0.484. The molecular formula is C4H6FOS. The average molecular weight is 121 g/mol. The second kappa shape index (κ2) is 4.12. The summed E-state index contributed by atoms with van der Waals surface area (Å²) in [5.74, 6) is 0.137. The Kier molecular flexibility index (Phi) is 4.09. The minimum Gasteiger partial charge on any atom is -0.290 e. The Morgan fingerprint density at radius 1 is 2.00 bits per heavy atom. The molecular weight excluding hydrogens is 115 g/mol. The Balaban J connectivity index is 2.81. The summed E-state index contributed by atoms with van der Waals surface area (Å²) in [7, 11) is 0. The van der Waals surface area contributed by atoms with Crippen molar-refractivity contribution >= 4 is 18.0 Å². The van der Waals surface area contributed by atoms with Gasteiger partial charge in [-0.05, 0) is 6.92 Å². The second-order valence-electron chi connectivity index (χ2n) is 0.998. The van der Waals surface area contributed by atoms with Crippen LogP contribution in [0.4, 0.5) is 4.39 Å². The third-order valence-electron chi connectivity index (χ3n) is 0.372. The Labute approximate surface area is 46.3 Å². The van der Waals surface area contributed by atoms with E-state index in [1.54, 1.807) is 6.29 Å². The zero-order valence-corrected chi connectivity index (χ0v) is 4.80. The minimum atomic E-state index is -0.943. The van der Waals surface area contributed by atoms with Crippen molar-refractivity contribution in [3.63, 3.8) is 0 Å². The van der Waals surface area contributed by atoms with Crippen molar-refractivity contribution in [3.8, 4) is 0 Å². The molecule has 0 amide bonds. The molecule has 0 aromatic rings. The van der Waals surface area contributed by atoms with Gasteiger partial charge in [-0.15, -0.1) is 11.8 Å². The molecule has 1 nitrogen and oxygen atoms in total. The van der Waals surface area contributed by atoms with Crippen molar-refractivity contribution in [2.24, 2.45) is 0 Å². The minimum absolute atomic E-state index is 0.137. The number of alkyl halides is 1. The Morgan fingerprint density at radius 2 is 2.57 bits per heavy atom. The molecule has 0 aromatic heterocycles. The molecule has 1 unspecified atom stereocenters. The van der Waals surface area contributed by atoms with Crippen molar-refractivity contribution in [2.45, 2.75) is 12.4 Å². The molecule has 0 spiro atoms. The van der Waals surface area contributed by atoms with E-state index in [2.05, 4.69) is 0 Å². The molecule has 7 heavy (non-hydrogen) atoms. The van der Waals surface area contributed by atoms with Gasteiger partial charge >= 0.3 is 0 Å². The SMILES string of the molecule is CC(F)SC[C]=O. The Bertz CT molecular complexity index is 55.7. The molecule has 0 aliphatic heterocycles. The lowest BCUT2D eigenvalue weighted by Gasteiger charge is -1.91. The highest BCUT2D eigenvalue weighted by Gasteiger charge is 1.94. The van der Waals surface area contributed by atoms with Gasteiger partial charge in [0.2, 0.25) is 6.29 Å². The number of halogens is 1. The van der Waals surface area contributed by atoms with E-state index in [4.69, 9.17) is 0 Å². The topological polar surface area (TPSA) is 17.1 Å². The first kappa shape index (κ1) is 6.95. The monoisotopic (exact) mass is 121 g/mol. The van der Waals surface area contributed by atoms with Gasteiger partial charge in [-0.1, -0.05) is 0 Å². The van der Waals surface area contributed by atoms with E-state index >= 15 is 0 Å². The summed E-state index contributed by atoms with van der Waals surface area (Å²) < 4.78 is 11.7. The fraction of sp³-hybridized carbons (Fsp3) is 0.750. The molecule has 0 N–H and O–H groups in total. The molecule has 0 saturated heterocycles. The van der Waals surface area contributed by atoms with Gasteiger partial charge in [-0.25, -0.2) is 4.39 Å². The molecule has 0 aliphatic carbocycles. The van der Waals surface area contributed by atoms with Crippen molar-refractivity contribution in [1.82, 2.24) is 0 Å². The summed E-state index contributed by atoms with van der Waals surface area (Å²) in [5, 5.41) is 0. The van der Waals surface area contributed by atoms with Crippen LogP contribution in [0, 0.1) is 0 Å². The van der Waals surface area contributed by atoms with Crippen LogP contribution in [0.3, 0.4) is 0 Å². The van der Waals surface area contributed by atoms with E-state index in [9.17, 15) is 9.18 Å². The van der Waals surface area contributed by atoms with Crippen LogP contribution in [-0.4, -0.2) is 17.5 Å². The largest absolute Gasteiger partial charge is 0.290 e. The zero-order chi connectivity index (χ0) is 5.70. The zero-order valence-electron chi connectivity index (χ0n) is 3.98. The molecule has 3 heteroatoms. The van der Waals surface area contributed by atoms with Crippen LogP contribution in [0.1, 0.15) is 6.92 Å².